The summed E-state index contributed by atoms with van der Waals surface area (Å²) in [6.45, 7) is -0.566. The number of hydrogen-bond acceptors (Lipinski definition) is 5. The van der Waals surface area contributed by atoms with Crippen molar-refractivity contribution in [3.8, 4) is 0 Å². The second-order valence-electron chi connectivity index (χ2n) is 2.70. The number of aliphatic hydroxyl groups excluding tert-OH is 4. The molecule has 0 aliphatic carbocycles. The van der Waals surface area contributed by atoms with Gasteiger partial charge in [-0.3, -0.25) is 0 Å². The van der Waals surface area contributed by atoms with Crippen LogP contribution in [0.25, 0.3) is 0 Å². The Balaban J connectivity index is 2.63. The number of hydrogen-bond donors (Lipinski definition) is 4. The lowest BCUT2D eigenvalue weighted by molar-refractivity contribution is -0.303. The molecule has 0 aromatic carbocycles. The van der Waals surface area contributed by atoms with E-state index in [1.54, 1.807) is 0 Å². The van der Waals surface area contributed by atoms with E-state index in [4.69, 9.17) is 20.4 Å². The maximum Gasteiger partial charge on any atom is 0.220 e. The molecule has 0 amide bonds. The molecule has 5 unspecified atom stereocenters. The molecular weight excluding hydrogens is 168 g/mol. The number of aliphatic hydroxyl groups is 4. The summed E-state index contributed by atoms with van der Waals surface area (Å²) in [5.74, 6) is 0. The van der Waals surface area contributed by atoms with E-state index in [-0.39, 0.29) is 0 Å². The van der Waals surface area contributed by atoms with Crippen molar-refractivity contribution in [1.29, 1.82) is 0 Å². The largest absolute Gasteiger partial charge is 0.394 e. The average molecular weight is 179 g/mol. The summed E-state index contributed by atoms with van der Waals surface area (Å²) in [5.41, 5.74) is 0. The predicted molar refractivity (Wildman–Crippen MR) is 34.5 cm³/mol. The first kappa shape index (κ1) is 9.85. The zero-order valence-electron chi connectivity index (χ0n) is 6.20. The summed E-state index contributed by atoms with van der Waals surface area (Å²) in [6, 6.07) is 0. The van der Waals surface area contributed by atoms with Crippen LogP contribution in [0.4, 0.5) is 0 Å². The van der Waals surface area contributed by atoms with Gasteiger partial charge in [-0.05, 0) is 0 Å². The fourth-order valence-corrected chi connectivity index (χ4v) is 1.07. The van der Waals surface area contributed by atoms with Crippen LogP contribution in [0.3, 0.4) is 0 Å². The Morgan fingerprint density at radius 1 is 1.08 bits per heavy atom. The zero-order valence-corrected chi connectivity index (χ0v) is 6.20. The van der Waals surface area contributed by atoms with Crippen LogP contribution in [0.1, 0.15) is 0 Å². The van der Waals surface area contributed by atoms with E-state index in [9.17, 15) is 5.11 Å². The molecule has 0 bridgehead atoms. The van der Waals surface area contributed by atoms with Crippen molar-refractivity contribution >= 4 is 0 Å². The van der Waals surface area contributed by atoms with Gasteiger partial charge >= 0.3 is 0 Å². The van der Waals surface area contributed by atoms with Crippen molar-refractivity contribution in [2.24, 2.45) is 0 Å². The van der Waals surface area contributed by atoms with Gasteiger partial charge in [0, 0.05) is 0 Å². The summed E-state index contributed by atoms with van der Waals surface area (Å²) < 4.78 is 4.46. The first-order valence-electron chi connectivity index (χ1n) is 3.54. The molecule has 0 spiro atoms. The molecule has 1 aliphatic rings. The fourth-order valence-electron chi connectivity index (χ4n) is 1.07. The minimum absolute atomic E-state index is 0.566. The van der Waals surface area contributed by atoms with Crippen LogP contribution < -0.4 is 0 Å². The molecule has 5 atom stereocenters. The first-order chi connectivity index (χ1) is 5.57. The van der Waals surface area contributed by atoms with Crippen LogP contribution in [-0.2, 0) is 9.84 Å². The van der Waals surface area contributed by atoms with Crippen LogP contribution in [0.5, 0.6) is 0 Å². The molecule has 71 valence electrons. The van der Waals surface area contributed by atoms with Crippen LogP contribution in [0.15, 0.2) is 0 Å². The maximum absolute atomic E-state index is 10.7. The first-order valence-corrected chi connectivity index (χ1v) is 3.54. The topological polar surface area (TPSA) is 110 Å². The van der Waals surface area contributed by atoms with Gasteiger partial charge in [0.15, 0.2) is 0 Å². The van der Waals surface area contributed by atoms with E-state index in [1.807, 2.05) is 0 Å². The minimum atomic E-state index is -1.82. The van der Waals surface area contributed by atoms with Crippen LogP contribution >= 0.6 is 0 Å². The molecule has 6 nitrogen and oxygen atoms in total. The molecule has 0 saturated carbocycles. The molecule has 1 fully saturated rings. The van der Waals surface area contributed by atoms with Gasteiger partial charge in [-0.25, -0.2) is 0 Å². The highest BCUT2D eigenvalue weighted by atomic mass is 16.6. The minimum Gasteiger partial charge on any atom is -0.394 e. The van der Waals surface area contributed by atoms with Gasteiger partial charge < -0.3 is 25.2 Å². The lowest BCUT2D eigenvalue weighted by atomic mass is 10.00. The molecule has 0 aromatic rings. The normalized spacial score (nSPS) is 49.2. The van der Waals surface area contributed by atoms with E-state index in [2.05, 4.69) is 4.74 Å². The second-order valence-corrected chi connectivity index (χ2v) is 2.70. The molecular formula is C6H11O6. The molecule has 1 rings (SSSR count). The van der Waals surface area contributed by atoms with E-state index >= 15 is 0 Å². The Morgan fingerprint density at radius 2 is 1.67 bits per heavy atom. The fraction of sp³-hybridized carbons (Fsp3) is 1.00. The van der Waals surface area contributed by atoms with Crippen molar-refractivity contribution in [2.75, 3.05) is 6.61 Å². The van der Waals surface area contributed by atoms with Crippen molar-refractivity contribution in [1.82, 2.24) is 0 Å². The Bertz CT molecular complexity index is 146. The van der Waals surface area contributed by atoms with Gasteiger partial charge in [0.05, 0.1) is 6.61 Å². The number of ether oxygens (including phenoxy) is 1. The van der Waals surface area contributed by atoms with Gasteiger partial charge in [-0.1, -0.05) is 0 Å². The Hall–Kier alpha value is -0.240. The van der Waals surface area contributed by atoms with Gasteiger partial charge in [-0.2, -0.15) is 5.11 Å². The maximum atomic E-state index is 10.7. The van der Waals surface area contributed by atoms with Crippen LogP contribution in [0, 0.1) is 0 Å². The highest BCUT2D eigenvalue weighted by Crippen LogP contribution is 2.19. The quantitative estimate of drug-likeness (QED) is 0.348. The van der Waals surface area contributed by atoms with Crippen LogP contribution in [0.2, 0.25) is 0 Å². The summed E-state index contributed by atoms with van der Waals surface area (Å²) in [6.07, 6.45) is -7.57. The summed E-state index contributed by atoms with van der Waals surface area (Å²) in [5, 5.41) is 46.3. The smallest absolute Gasteiger partial charge is 0.220 e. The third-order valence-corrected chi connectivity index (χ3v) is 1.85. The van der Waals surface area contributed by atoms with Gasteiger partial charge in [0.1, 0.15) is 24.4 Å². The lowest BCUT2D eigenvalue weighted by Gasteiger charge is -2.36. The number of rotatable bonds is 1. The molecule has 6 heteroatoms. The van der Waals surface area contributed by atoms with Crippen molar-refractivity contribution in [3.05, 3.63) is 0 Å². The molecule has 12 heavy (non-hydrogen) atoms. The van der Waals surface area contributed by atoms with Gasteiger partial charge in [0.2, 0.25) is 6.29 Å². The SMILES string of the molecule is [O]C1OC(CO)C(O)C(O)C1O. The summed E-state index contributed by atoms with van der Waals surface area (Å²) >= 11 is 0. The molecule has 1 heterocycles. The second kappa shape index (κ2) is 3.65. The summed E-state index contributed by atoms with van der Waals surface area (Å²) in [4.78, 5) is 0. The Morgan fingerprint density at radius 3 is 2.17 bits per heavy atom. The molecule has 1 aliphatic heterocycles. The Kier molecular flexibility index (Phi) is 2.99. The predicted octanol–water partition coefficient (Wildman–Crippen LogP) is -2.78. The average Bonchev–Trinajstić information content (AvgIpc) is 2.08. The van der Waals surface area contributed by atoms with E-state index in [1.165, 1.54) is 0 Å². The molecule has 1 radical (unpaired) electrons. The van der Waals surface area contributed by atoms with E-state index < -0.39 is 37.3 Å². The molecule has 1 saturated heterocycles. The zero-order chi connectivity index (χ0) is 9.30. The Labute approximate surface area is 68.6 Å². The van der Waals surface area contributed by atoms with Crippen molar-refractivity contribution < 1.29 is 30.3 Å². The van der Waals surface area contributed by atoms with Crippen molar-refractivity contribution in [2.45, 2.75) is 30.7 Å². The van der Waals surface area contributed by atoms with E-state index in [0.717, 1.165) is 0 Å². The third-order valence-electron chi connectivity index (χ3n) is 1.85. The molecule has 0 aromatic heterocycles. The monoisotopic (exact) mass is 179 g/mol. The third kappa shape index (κ3) is 1.58. The highest BCUT2D eigenvalue weighted by molar-refractivity contribution is 4.87. The van der Waals surface area contributed by atoms with E-state index in [0.29, 0.717) is 0 Å². The standard InChI is InChI=1S/C6H11O6/c7-1-2-3(8)4(9)5(10)6(11)12-2/h2-10H,1H2. The van der Waals surface area contributed by atoms with Crippen LogP contribution in [-0.4, -0.2) is 57.7 Å². The van der Waals surface area contributed by atoms with Gasteiger partial charge in [0.25, 0.3) is 0 Å². The summed E-state index contributed by atoms with van der Waals surface area (Å²) in [7, 11) is 0. The van der Waals surface area contributed by atoms with Gasteiger partial charge in [-0.15, -0.1) is 0 Å². The van der Waals surface area contributed by atoms with Crippen molar-refractivity contribution in [3.63, 3.8) is 0 Å². The highest BCUT2D eigenvalue weighted by Gasteiger charge is 2.43. The lowest BCUT2D eigenvalue weighted by Crippen LogP contribution is -2.58. The molecule has 4 N–H and O–H groups in total.